The van der Waals surface area contributed by atoms with E-state index in [4.69, 9.17) is 23.2 Å². The molecule has 1 aromatic heterocycles. The molecule has 0 saturated heterocycles. The summed E-state index contributed by atoms with van der Waals surface area (Å²) in [6, 6.07) is 15.5. The zero-order chi connectivity index (χ0) is 16.2. The zero-order valence-electron chi connectivity index (χ0n) is 12.3. The Labute approximate surface area is 148 Å². The van der Waals surface area contributed by atoms with Gasteiger partial charge < -0.3 is 0 Å². The van der Waals surface area contributed by atoms with Crippen LogP contribution in [0.3, 0.4) is 0 Å². The predicted molar refractivity (Wildman–Crippen MR) is 99.8 cm³/mol. The molecule has 3 aromatic rings. The summed E-state index contributed by atoms with van der Waals surface area (Å²) in [6.45, 7) is 1.95. The lowest BCUT2D eigenvalue weighted by Crippen LogP contribution is -1.99. The topological polar surface area (TPSA) is 37.3 Å². The number of rotatable bonds is 4. The van der Waals surface area contributed by atoms with E-state index in [9.17, 15) is 0 Å². The predicted octanol–water partition coefficient (Wildman–Crippen LogP) is 5.95. The number of aromatic nitrogens is 1. The first kappa shape index (κ1) is 16.0. The number of hydrogen-bond donors (Lipinski definition) is 1. The van der Waals surface area contributed by atoms with E-state index < -0.39 is 0 Å². The van der Waals surface area contributed by atoms with E-state index in [2.05, 4.69) is 15.5 Å². The molecule has 3 nitrogen and oxygen atoms in total. The third-order valence-corrected chi connectivity index (χ3v) is 4.72. The van der Waals surface area contributed by atoms with Gasteiger partial charge in [0.15, 0.2) is 0 Å². The monoisotopic (exact) mass is 361 g/mol. The fraction of sp³-hybridized carbons (Fsp3) is 0.0588. The quantitative estimate of drug-likeness (QED) is 0.460. The van der Waals surface area contributed by atoms with Crippen LogP contribution in [0.15, 0.2) is 59.0 Å². The third-order valence-electron chi connectivity index (χ3n) is 3.23. The fourth-order valence-corrected chi connectivity index (χ4v) is 2.95. The first-order chi connectivity index (χ1) is 11.1. The number of hydrazone groups is 1. The zero-order valence-corrected chi connectivity index (χ0v) is 14.6. The molecule has 0 unspecified atom stereocenters. The van der Waals surface area contributed by atoms with Crippen LogP contribution in [-0.4, -0.2) is 10.7 Å². The van der Waals surface area contributed by atoms with Gasteiger partial charge in [0.05, 0.1) is 21.5 Å². The molecule has 6 heteroatoms. The van der Waals surface area contributed by atoms with E-state index in [0.717, 1.165) is 27.7 Å². The Morgan fingerprint density at radius 3 is 2.61 bits per heavy atom. The number of benzene rings is 2. The first-order valence-electron chi connectivity index (χ1n) is 6.90. The summed E-state index contributed by atoms with van der Waals surface area (Å²) in [5.41, 5.74) is 6.73. The lowest BCUT2D eigenvalue weighted by Gasteiger charge is -2.01. The van der Waals surface area contributed by atoms with Crippen molar-refractivity contribution in [3.63, 3.8) is 0 Å². The van der Waals surface area contributed by atoms with Crippen molar-refractivity contribution in [2.24, 2.45) is 5.10 Å². The molecule has 3 rings (SSSR count). The van der Waals surface area contributed by atoms with Crippen LogP contribution in [0.5, 0.6) is 0 Å². The van der Waals surface area contributed by atoms with Crippen LogP contribution in [0.4, 0.5) is 5.13 Å². The van der Waals surface area contributed by atoms with Crippen molar-refractivity contribution in [3.8, 4) is 11.3 Å². The third kappa shape index (κ3) is 3.91. The average Bonchev–Trinajstić information content (AvgIpc) is 3.05. The summed E-state index contributed by atoms with van der Waals surface area (Å²) in [5, 5.41) is 8.10. The summed E-state index contributed by atoms with van der Waals surface area (Å²) in [7, 11) is 0. The smallest absolute Gasteiger partial charge is 0.203 e. The maximum Gasteiger partial charge on any atom is 0.203 e. The molecule has 116 valence electrons. The summed E-state index contributed by atoms with van der Waals surface area (Å²) < 4.78 is 0. The van der Waals surface area contributed by atoms with Gasteiger partial charge in [0.2, 0.25) is 5.13 Å². The van der Waals surface area contributed by atoms with Crippen molar-refractivity contribution in [2.75, 3.05) is 5.43 Å². The van der Waals surface area contributed by atoms with Crippen molar-refractivity contribution >= 4 is 45.4 Å². The molecule has 0 bridgehead atoms. The van der Waals surface area contributed by atoms with Crippen LogP contribution >= 0.6 is 34.5 Å². The van der Waals surface area contributed by atoms with Gasteiger partial charge in [-0.1, -0.05) is 59.6 Å². The van der Waals surface area contributed by atoms with Gasteiger partial charge in [-0.25, -0.2) is 4.98 Å². The van der Waals surface area contributed by atoms with E-state index in [1.54, 1.807) is 12.1 Å². The number of nitrogens with one attached hydrogen (secondary N) is 1. The minimum Gasteiger partial charge on any atom is -0.252 e. The molecule has 0 atom stereocenters. The second kappa shape index (κ2) is 7.13. The lowest BCUT2D eigenvalue weighted by atomic mass is 10.1. The Balaban J connectivity index is 1.76. The van der Waals surface area contributed by atoms with Gasteiger partial charge in [0.1, 0.15) is 0 Å². The number of nitrogens with zero attached hydrogens (tertiary/aromatic N) is 2. The van der Waals surface area contributed by atoms with Crippen molar-refractivity contribution in [2.45, 2.75) is 6.92 Å². The van der Waals surface area contributed by atoms with Crippen molar-refractivity contribution in [3.05, 3.63) is 69.5 Å². The summed E-state index contributed by atoms with van der Waals surface area (Å²) in [4.78, 5) is 4.52. The fourth-order valence-electron chi connectivity index (χ4n) is 1.99. The Morgan fingerprint density at radius 2 is 1.87 bits per heavy atom. The number of thiazole rings is 1. The highest BCUT2D eigenvalue weighted by Crippen LogP contribution is 2.30. The first-order valence-corrected chi connectivity index (χ1v) is 8.54. The molecule has 0 aliphatic carbocycles. The van der Waals surface area contributed by atoms with Crippen molar-refractivity contribution in [1.29, 1.82) is 0 Å². The lowest BCUT2D eigenvalue weighted by molar-refractivity contribution is 1.27. The maximum absolute atomic E-state index is 6.05. The van der Waals surface area contributed by atoms with Gasteiger partial charge in [0, 0.05) is 10.9 Å². The molecule has 23 heavy (non-hydrogen) atoms. The Hall–Kier alpha value is -1.88. The molecular formula is C17H13Cl2N3S. The molecule has 1 N–H and O–H groups in total. The van der Waals surface area contributed by atoms with Crippen LogP contribution < -0.4 is 5.43 Å². The highest BCUT2D eigenvalue weighted by molar-refractivity contribution is 7.14. The van der Waals surface area contributed by atoms with E-state index in [-0.39, 0.29) is 0 Å². The van der Waals surface area contributed by atoms with Crippen LogP contribution in [0.2, 0.25) is 10.0 Å². The van der Waals surface area contributed by atoms with Gasteiger partial charge in [0.25, 0.3) is 0 Å². The Morgan fingerprint density at radius 1 is 1.09 bits per heavy atom. The van der Waals surface area contributed by atoms with Gasteiger partial charge in [-0.3, -0.25) is 5.43 Å². The van der Waals surface area contributed by atoms with Gasteiger partial charge >= 0.3 is 0 Å². The van der Waals surface area contributed by atoms with Gasteiger partial charge in [-0.15, -0.1) is 11.3 Å². The Kier molecular flexibility index (Phi) is 4.96. The SMILES string of the molecule is C/C(=N\Nc1nc(-c2ccc(Cl)c(Cl)c2)cs1)c1ccccc1. The molecule has 0 radical (unpaired) electrons. The Bertz CT molecular complexity index is 844. The van der Waals surface area contributed by atoms with E-state index in [1.165, 1.54) is 11.3 Å². The van der Waals surface area contributed by atoms with Gasteiger partial charge in [-0.2, -0.15) is 5.10 Å². The molecule has 0 spiro atoms. The second-order valence-electron chi connectivity index (χ2n) is 4.84. The molecule has 1 heterocycles. The standard InChI is InChI=1S/C17H13Cl2N3S/c1-11(12-5-3-2-4-6-12)21-22-17-20-16(10-23-17)13-7-8-14(18)15(19)9-13/h2-10H,1H3,(H,20,22)/b21-11+. The van der Waals surface area contributed by atoms with Crippen LogP contribution in [0.1, 0.15) is 12.5 Å². The van der Waals surface area contributed by atoms with E-state index >= 15 is 0 Å². The van der Waals surface area contributed by atoms with Crippen molar-refractivity contribution in [1.82, 2.24) is 4.98 Å². The molecule has 2 aromatic carbocycles. The number of hydrogen-bond acceptors (Lipinski definition) is 4. The summed E-state index contributed by atoms with van der Waals surface area (Å²) in [6.07, 6.45) is 0. The van der Waals surface area contributed by atoms with Crippen LogP contribution in [-0.2, 0) is 0 Å². The molecule has 0 aliphatic rings. The van der Waals surface area contributed by atoms with E-state index in [1.807, 2.05) is 48.7 Å². The second-order valence-corrected chi connectivity index (χ2v) is 6.51. The largest absolute Gasteiger partial charge is 0.252 e. The van der Waals surface area contributed by atoms with E-state index in [0.29, 0.717) is 10.0 Å². The summed E-state index contributed by atoms with van der Waals surface area (Å²) in [5.74, 6) is 0. The molecule has 0 aliphatic heterocycles. The molecule has 0 amide bonds. The summed E-state index contributed by atoms with van der Waals surface area (Å²) >= 11 is 13.5. The molecular weight excluding hydrogens is 349 g/mol. The van der Waals surface area contributed by atoms with Crippen molar-refractivity contribution < 1.29 is 0 Å². The highest BCUT2D eigenvalue weighted by Gasteiger charge is 2.06. The number of halogens is 2. The normalized spacial score (nSPS) is 11.5. The van der Waals surface area contributed by atoms with Crippen LogP contribution in [0, 0.1) is 0 Å². The average molecular weight is 362 g/mol. The van der Waals surface area contributed by atoms with Crippen LogP contribution in [0.25, 0.3) is 11.3 Å². The molecule has 0 fully saturated rings. The molecule has 0 saturated carbocycles. The maximum atomic E-state index is 6.05. The van der Waals surface area contributed by atoms with Gasteiger partial charge in [-0.05, 0) is 24.6 Å². The minimum absolute atomic E-state index is 0.518. The number of anilines is 1. The minimum atomic E-state index is 0.518. The highest BCUT2D eigenvalue weighted by atomic mass is 35.5.